The van der Waals surface area contributed by atoms with Crippen LogP contribution >= 0.6 is 0 Å². The normalized spacial score (nSPS) is 9.75. The third-order valence-electron chi connectivity index (χ3n) is 2.27. The summed E-state index contributed by atoms with van der Waals surface area (Å²) < 4.78 is 1.79. The lowest BCUT2D eigenvalue weighted by Gasteiger charge is -2.04. The van der Waals surface area contributed by atoms with Crippen LogP contribution in [0.3, 0.4) is 0 Å². The van der Waals surface area contributed by atoms with Crippen LogP contribution in [-0.4, -0.2) is 9.78 Å². The van der Waals surface area contributed by atoms with Crippen molar-refractivity contribution in [2.45, 2.75) is 6.54 Å². The standard InChI is InChI=1S/C13H13N3/c1-3-11-5-4-6-12(9-11)14-10-13-7-8-16(2)15-13/h1,4-9,14H,10H2,2H3. The Labute approximate surface area is 95.1 Å². The maximum atomic E-state index is 5.34. The SMILES string of the molecule is C#Cc1cccc(NCc2ccn(C)n2)c1. The molecule has 0 aliphatic carbocycles. The fourth-order valence-corrected chi connectivity index (χ4v) is 1.47. The van der Waals surface area contributed by atoms with Gasteiger partial charge in [-0.05, 0) is 24.3 Å². The topological polar surface area (TPSA) is 29.9 Å². The Morgan fingerprint density at radius 1 is 1.44 bits per heavy atom. The summed E-state index contributed by atoms with van der Waals surface area (Å²) in [4.78, 5) is 0. The van der Waals surface area contributed by atoms with E-state index in [0.29, 0.717) is 6.54 Å². The molecular weight excluding hydrogens is 198 g/mol. The first-order valence-electron chi connectivity index (χ1n) is 5.07. The molecule has 0 spiro atoms. The smallest absolute Gasteiger partial charge is 0.0815 e. The molecule has 1 aromatic heterocycles. The van der Waals surface area contributed by atoms with Crippen LogP contribution in [0.1, 0.15) is 11.3 Å². The second kappa shape index (κ2) is 4.54. The quantitative estimate of drug-likeness (QED) is 0.787. The van der Waals surface area contributed by atoms with E-state index in [1.807, 2.05) is 43.6 Å². The molecule has 0 unspecified atom stereocenters. The van der Waals surface area contributed by atoms with Gasteiger partial charge in [-0.1, -0.05) is 12.0 Å². The van der Waals surface area contributed by atoms with Gasteiger partial charge in [-0.2, -0.15) is 5.10 Å². The Kier molecular flexibility index (Phi) is 2.93. The number of anilines is 1. The molecule has 0 aliphatic heterocycles. The summed E-state index contributed by atoms with van der Waals surface area (Å²) >= 11 is 0. The summed E-state index contributed by atoms with van der Waals surface area (Å²) in [6.07, 6.45) is 7.26. The van der Waals surface area contributed by atoms with Crippen LogP contribution in [0.25, 0.3) is 0 Å². The fourth-order valence-electron chi connectivity index (χ4n) is 1.47. The highest BCUT2D eigenvalue weighted by molar-refractivity contribution is 5.50. The summed E-state index contributed by atoms with van der Waals surface area (Å²) in [6, 6.07) is 9.77. The first-order chi connectivity index (χ1) is 7.78. The van der Waals surface area contributed by atoms with Crippen LogP contribution in [0.2, 0.25) is 0 Å². The molecule has 3 nitrogen and oxygen atoms in total. The maximum absolute atomic E-state index is 5.34. The minimum Gasteiger partial charge on any atom is -0.379 e. The molecule has 1 aromatic carbocycles. The van der Waals surface area contributed by atoms with Crippen molar-refractivity contribution in [1.82, 2.24) is 9.78 Å². The van der Waals surface area contributed by atoms with Gasteiger partial charge in [-0.25, -0.2) is 0 Å². The van der Waals surface area contributed by atoms with Crippen LogP contribution in [-0.2, 0) is 13.6 Å². The molecule has 16 heavy (non-hydrogen) atoms. The molecule has 2 aromatic rings. The average molecular weight is 211 g/mol. The Morgan fingerprint density at radius 3 is 3.00 bits per heavy atom. The van der Waals surface area contributed by atoms with Crippen LogP contribution in [0, 0.1) is 12.3 Å². The van der Waals surface area contributed by atoms with E-state index in [4.69, 9.17) is 6.42 Å². The number of aromatic nitrogens is 2. The molecule has 0 bridgehead atoms. The van der Waals surface area contributed by atoms with Gasteiger partial charge in [0.15, 0.2) is 0 Å². The molecule has 3 heteroatoms. The van der Waals surface area contributed by atoms with Gasteiger partial charge in [-0.15, -0.1) is 6.42 Å². The number of nitrogens with one attached hydrogen (secondary N) is 1. The Morgan fingerprint density at radius 2 is 2.31 bits per heavy atom. The van der Waals surface area contributed by atoms with Gasteiger partial charge in [0.2, 0.25) is 0 Å². The van der Waals surface area contributed by atoms with Crippen LogP contribution in [0.15, 0.2) is 36.5 Å². The number of terminal acetylenes is 1. The number of hydrogen-bond acceptors (Lipinski definition) is 2. The van der Waals surface area contributed by atoms with E-state index in [9.17, 15) is 0 Å². The lowest BCUT2D eigenvalue weighted by molar-refractivity contribution is 0.747. The van der Waals surface area contributed by atoms with Gasteiger partial charge in [-0.3, -0.25) is 4.68 Å². The van der Waals surface area contributed by atoms with Crippen molar-refractivity contribution >= 4 is 5.69 Å². The molecule has 0 aliphatic rings. The van der Waals surface area contributed by atoms with E-state index < -0.39 is 0 Å². The third kappa shape index (κ3) is 2.43. The summed E-state index contributed by atoms with van der Waals surface area (Å²) in [5.41, 5.74) is 2.90. The number of benzene rings is 1. The van der Waals surface area contributed by atoms with Crippen LogP contribution < -0.4 is 5.32 Å². The first kappa shape index (κ1) is 10.3. The summed E-state index contributed by atoms with van der Waals surface area (Å²) in [7, 11) is 1.91. The molecule has 0 fully saturated rings. The van der Waals surface area contributed by atoms with Crippen LogP contribution in [0.4, 0.5) is 5.69 Å². The Bertz CT molecular complexity index is 520. The minimum absolute atomic E-state index is 0.703. The molecular formula is C13H13N3. The zero-order valence-corrected chi connectivity index (χ0v) is 9.14. The van der Waals surface area contributed by atoms with Gasteiger partial charge in [0.05, 0.1) is 12.2 Å². The van der Waals surface area contributed by atoms with Gasteiger partial charge < -0.3 is 5.32 Å². The van der Waals surface area contributed by atoms with Crippen molar-refractivity contribution < 1.29 is 0 Å². The summed E-state index contributed by atoms with van der Waals surface area (Å²) in [5, 5.41) is 7.56. The lowest BCUT2D eigenvalue weighted by atomic mass is 10.2. The summed E-state index contributed by atoms with van der Waals surface area (Å²) in [6.45, 7) is 0.703. The Balaban J connectivity index is 2.02. The zero-order chi connectivity index (χ0) is 11.4. The highest BCUT2D eigenvalue weighted by Gasteiger charge is 1.97. The number of hydrogen-bond donors (Lipinski definition) is 1. The van der Waals surface area contributed by atoms with E-state index in [1.165, 1.54) is 0 Å². The Hall–Kier alpha value is -2.21. The highest BCUT2D eigenvalue weighted by Crippen LogP contribution is 2.10. The fraction of sp³-hybridized carbons (Fsp3) is 0.154. The molecule has 1 N–H and O–H groups in total. The molecule has 2 rings (SSSR count). The third-order valence-corrected chi connectivity index (χ3v) is 2.27. The van der Waals surface area contributed by atoms with Crippen molar-refractivity contribution in [3.63, 3.8) is 0 Å². The molecule has 0 saturated heterocycles. The highest BCUT2D eigenvalue weighted by atomic mass is 15.3. The van der Waals surface area contributed by atoms with Gasteiger partial charge in [0, 0.05) is 24.5 Å². The second-order valence-corrected chi connectivity index (χ2v) is 3.56. The van der Waals surface area contributed by atoms with Gasteiger partial charge in [0.1, 0.15) is 0 Å². The average Bonchev–Trinajstić information content (AvgIpc) is 2.73. The molecule has 80 valence electrons. The summed E-state index contributed by atoms with van der Waals surface area (Å²) in [5.74, 6) is 2.61. The molecule has 0 amide bonds. The van der Waals surface area contributed by atoms with E-state index in [0.717, 1.165) is 16.9 Å². The zero-order valence-electron chi connectivity index (χ0n) is 9.14. The maximum Gasteiger partial charge on any atom is 0.0815 e. The lowest BCUT2D eigenvalue weighted by Crippen LogP contribution is -2.01. The van der Waals surface area contributed by atoms with E-state index in [-0.39, 0.29) is 0 Å². The number of rotatable bonds is 3. The van der Waals surface area contributed by atoms with Crippen molar-refractivity contribution in [3.05, 3.63) is 47.8 Å². The monoisotopic (exact) mass is 211 g/mol. The largest absolute Gasteiger partial charge is 0.379 e. The van der Waals surface area contributed by atoms with Crippen molar-refractivity contribution in [3.8, 4) is 12.3 Å². The van der Waals surface area contributed by atoms with Gasteiger partial charge >= 0.3 is 0 Å². The van der Waals surface area contributed by atoms with E-state index >= 15 is 0 Å². The van der Waals surface area contributed by atoms with Gasteiger partial charge in [0.25, 0.3) is 0 Å². The number of nitrogens with zero attached hydrogens (tertiary/aromatic N) is 2. The molecule has 1 heterocycles. The first-order valence-corrected chi connectivity index (χ1v) is 5.07. The molecule has 0 radical (unpaired) electrons. The van der Waals surface area contributed by atoms with E-state index in [2.05, 4.69) is 16.3 Å². The van der Waals surface area contributed by atoms with Crippen molar-refractivity contribution in [1.29, 1.82) is 0 Å². The molecule has 0 atom stereocenters. The number of aryl methyl sites for hydroxylation is 1. The predicted molar refractivity (Wildman–Crippen MR) is 64.9 cm³/mol. The molecule has 0 saturated carbocycles. The van der Waals surface area contributed by atoms with E-state index in [1.54, 1.807) is 4.68 Å². The van der Waals surface area contributed by atoms with Crippen LogP contribution in [0.5, 0.6) is 0 Å². The predicted octanol–water partition coefficient (Wildman–Crippen LogP) is 2.01. The second-order valence-electron chi connectivity index (χ2n) is 3.56. The van der Waals surface area contributed by atoms with Crippen molar-refractivity contribution in [2.24, 2.45) is 7.05 Å². The van der Waals surface area contributed by atoms with Crippen molar-refractivity contribution in [2.75, 3.05) is 5.32 Å². The minimum atomic E-state index is 0.703.